The van der Waals surface area contributed by atoms with Gasteiger partial charge in [-0.1, -0.05) is 11.6 Å². The normalized spacial score (nSPS) is 12.3. The average Bonchev–Trinajstić information content (AvgIpc) is 3.19. The molecule has 3 aromatic rings. The molecule has 1 atom stereocenters. The first-order chi connectivity index (χ1) is 12.0. The highest BCUT2D eigenvalue weighted by molar-refractivity contribution is 6.31. The average molecular weight is 362 g/mol. The number of hydrogen-bond acceptors (Lipinski definition) is 4. The van der Waals surface area contributed by atoms with Crippen LogP contribution in [0.5, 0.6) is 0 Å². The fraction of sp³-hybridized carbons (Fsp3) is 0.375. The molecule has 0 aliphatic heterocycles. The zero-order valence-corrected chi connectivity index (χ0v) is 15.1. The van der Waals surface area contributed by atoms with E-state index in [1.165, 1.54) is 0 Å². The van der Waals surface area contributed by atoms with Crippen molar-refractivity contribution in [1.82, 2.24) is 34.9 Å². The van der Waals surface area contributed by atoms with Crippen molar-refractivity contribution in [2.75, 3.05) is 7.05 Å². The number of carbonyl (C=O) groups excluding carboxylic acids is 1. The third kappa shape index (κ3) is 3.74. The number of aromatic amines is 1. The second-order valence-electron chi connectivity index (χ2n) is 5.85. The maximum absolute atomic E-state index is 12.4. The number of hydrogen-bond donors (Lipinski definition) is 2. The predicted octanol–water partition coefficient (Wildman–Crippen LogP) is 2.73. The lowest BCUT2D eigenvalue weighted by Gasteiger charge is -2.20. The van der Waals surface area contributed by atoms with Gasteiger partial charge < -0.3 is 19.8 Å². The molecule has 0 spiro atoms. The van der Waals surface area contributed by atoms with Gasteiger partial charge >= 0.3 is 6.03 Å². The third-order valence-electron chi connectivity index (χ3n) is 3.94. The number of H-pyrrole nitrogens is 1. The lowest BCUT2D eigenvalue weighted by molar-refractivity contribution is 0.202. The SMILES string of the molecule is CCn1cnnc1[C@@H](C)NC(=O)N(C)Cc1nc2ccc(Cl)cc2[nH]1. The summed E-state index contributed by atoms with van der Waals surface area (Å²) < 4.78 is 1.90. The summed E-state index contributed by atoms with van der Waals surface area (Å²) in [5.74, 6) is 1.42. The highest BCUT2D eigenvalue weighted by Crippen LogP contribution is 2.18. The van der Waals surface area contributed by atoms with Gasteiger partial charge in [-0.3, -0.25) is 0 Å². The number of nitrogens with one attached hydrogen (secondary N) is 2. The van der Waals surface area contributed by atoms with E-state index in [9.17, 15) is 4.79 Å². The predicted molar refractivity (Wildman–Crippen MR) is 95.2 cm³/mol. The Balaban J connectivity index is 1.65. The quantitative estimate of drug-likeness (QED) is 0.730. The number of nitrogens with zero attached hydrogens (tertiary/aromatic N) is 5. The Morgan fingerprint density at radius 3 is 3.04 bits per heavy atom. The highest BCUT2D eigenvalue weighted by Gasteiger charge is 2.18. The minimum atomic E-state index is -0.244. The van der Waals surface area contributed by atoms with Crippen LogP contribution in [0.4, 0.5) is 4.79 Å². The van der Waals surface area contributed by atoms with Gasteiger partial charge in [0.05, 0.1) is 23.6 Å². The summed E-state index contributed by atoms with van der Waals surface area (Å²) in [7, 11) is 1.72. The van der Waals surface area contributed by atoms with E-state index in [0.29, 0.717) is 17.4 Å². The number of fused-ring (bicyclic) bond motifs is 1. The van der Waals surface area contributed by atoms with Crippen LogP contribution in [0.2, 0.25) is 5.02 Å². The first-order valence-electron chi connectivity index (χ1n) is 8.01. The zero-order valence-electron chi connectivity index (χ0n) is 14.3. The van der Waals surface area contributed by atoms with Gasteiger partial charge in [0.2, 0.25) is 0 Å². The van der Waals surface area contributed by atoms with Crippen molar-refractivity contribution < 1.29 is 4.79 Å². The molecule has 2 amide bonds. The molecule has 1 aromatic carbocycles. The van der Waals surface area contributed by atoms with Crippen molar-refractivity contribution in [3.8, 4) is 0 Å². The van der Waals surface area contributed by atoms with E-state index in [1.54, 1.807) is 24.3 Å². The maximum atomic E-state index is 12.4. The van der Waals surface area contributed by atoms with E-state index in [4.69, 9.17) is 11.6 Å². The Morgan fingerprint density at radius 2 is 2.28 bits per heavy atom. The molecule has 9 heteroatoms. The Kier molecular flexibility index (Phi) is 4.89. The molecular formula is C16H20ClN7O. The Morgan fingerprint density at radius 1 is 1.48 bits per heavy atom. The van der Waals surface area contributed by atoms with E-state index < -0.39 is 0 Å². The molecule has 132 valence electrons. The molecule has 3 rings (SSSR count). The van der Waals surface area contributed by atoms with Gasteiger partial charge in [0.15, 0.2) is 5.82 Å². The van der Waals surface area contributed by atoms with Crippen LogP contribution in [0, 0.1) is 0 Å². The molecule has 0 radical (unpaired) electrons. The monoisotopic (exact) mass is 361 g/mol. The molecule has 25 heavy (non-hydrogen) atoms. The molecule has 2 aromatic heterocycles. The smallest absolute Gasteiger partial charge is 0.318 e. The summed E-state index contributed by atoms with van der Waals surface area (Å²) in [5, 5.41) is 11.5. The third-order valence-corrected chi connectivity index (χ3v) is 4.18. The molecule has 0 fully saturated rings. The number of urea groups is 1. The number of amides is 2. The van der Waals surface area contributed by atoms with E-state index in [-0.39, 0.29) is 12.1 Å². The van der Waals surface area contributed by atoms with Gasteiger partial charge in [-0.05, 0) is 32.0 Å². The molecule has 0 unspecified atom stereocenters. The second-order valence-corrected chi connectivity index (χ2v) is 6.28. The van der Waals surface area contributed by atoms with Gasteiger partial charge in [0.25, 0.3) is 0 Å². The highest BCUT2D eigenvalue weighted by atomic mass is 35.5. The summed E-state index contributed by atoms with van der Waals surface area (Å²) in [5.41, 5.74) is 1.67. The first kappa shape index (κ1) is 17.2. The maximum Gasteiger partial charge on any atom is 0.318 e. The minimum absolute atomic E-state index is 0.211. The van der Waals surface area contributed by atoms with Crippen molar-refractivity contribution in [3.63, 3.8) is 0 Å². The molecule has 2 heterocycles. The number of rotatable bonds is 5. The second kappa shape index (κ2) is 7.10. The number of aromatic nitrogens is 5. The zero-order chi connectivity index (χ0) is 18.0. The lowest BCUT2D eigenvalue weighted by atomic mass is 10.3. The summed E-state index contributed by atoms with van der Waals surface area (Å²) in [6, 6.07) is 4.99. The van der Waals surface area contributed by atoms with Crippen molar-refractivity contribution in [2.24, 2.45) is 0 Å². The molecule has 0 aliphatic rings. The van der Waals surface area contributed by atoms with E-state index in [0.717, 1.165) is 23.4 Å². The van der Waals surface area contributed by atoms with Crippen LogP contribution in [0.15, 0.2) is 24.5 Å². The Hall–Kier alpha value is -2.61. The van der Waals surface area contributed by atoms with E-state index in [1.807, 2.05) is 30.5 Å². The van der Waals surface area contributed by atoms with Crippen LogP contribution < -0.4 is 5.32 Å². The summed E-state index contributed by atoms with van der Waals surface area (Å²) in [6.07, 6.45) is 1.65. The molecular weight excluding hydrogens is 342 g/mol. The number of carbonyl (C=O) groups is 1. The topological polar surface area (TPSA) is 91.7 Å². The van der Waals surface area contributed by atoms with Crippen LogP contribution in [-0.2, 0) is 13.1 Å². The van der Waals surface area contributed by atoms with Crippen molar-refractivity contribution >= 4 is 28.7 Å². The van der Waals surface area contributed by atoms with Gasteiger partial charge in [0, 0.05) is 18.6 Å². The van der Waals surface area contributed by atoms with Crippen LogP contribution in [0.1, 0.15) is 31.5 Å². The largest absolute Gasteiger partial charge is 0.340 e. The van der Waals surface area contributed by atoms with Crippen LogP contribution >= 0.6 is 11.6 Å². The first-order valence-corrected chi connectivity index (χ1v) is 8.39. The lowest BCUT2D eigenvalue weighted by Crippen LogP contribution is -2.39. The van der Waals surface area contributed by atoms with Crippen molar-refractivity contribution in [3.05, 3.63) is 41.2 Å². The number of halogens is 1. The fourth-order valence-corrected chi connectivity index (χ4v) is 2.78. The van der Waals surface area contributed by atoms with Gasteiger partial charge in [0.1, 0.15) is 12.2 Å². The van der Waals surface area contributed by atoms with Crippen LogP contribution in [0.25, 0.3) is 11.0 Å². The summed E-state index contributed by atoms with van der Waals surface area (Å²) in [6.45, 7) is 4.98. The Bertz CT molecular complexity index is 888. The van der Waals surface area contributed by atoms with Gasteiger partial charge in [-0.2, -0.15) is 0 Å². The molecule has 0 aliphatic carbocycles. The molecule has 8 nitrogen and oxygen atoms in total. The molecule has 0 saturated heterocycles. The fourth-order valence-electron chi connectivity index (χ4n) is 2.61. The van der Waals surface area contributed by atoms with Crippen molar-refractivity contribution in [2.45, 2.75) is 33.0 Å². The molecule has 2 N–H and O–H groups in total. The van der Waals surface area contributed by atoms with Gasteiger partial charge in [-0.25, -0.2) is 9.78 Å². The minimum Gasteiger partial charge on any atom is -0.340 e. The number of aryl methyl sites for hydroxylation is 1. The molecule has 0 saturated carbocycles. The number of benzene rings is 1. The van der Waals surface area contributed by atoms with Crippen molar-refractivity contribution in [1.29, 1.82) is 0 Å². The van der Waals surface area contributed by atoms with Crippen LogP contribution in [0.3, 0.4) is 0 Å². The molecule has 0 bridgehead atoms. The Labute approximate surface area is 150 Å². The standard InChI is InChI=1S/C16H20ClN7O/c1-4-24-9-18-22-15(24)10(2)19-16(25)23(3)8-14-20-12-6-5-11(17)7-13(12)21-14/h5-7,9-10H,4,8H2,1-3H3,(H,19,25)(H,20,21)/t10-/m1/s1. The summed E-state index contributed by atoms with van der Waals surface area (Å²) >= 11 is 5.98. The summed E-state index contributed by atoms with van der Waals surface area (Å²) in [4.78, 5) is 21.6. The number of imidazole rings is 1. The van der Waals surface area contributed by atoms with Crippen LogP contribution in [-0.4, -0.2) is 42.7 Å². The van der Waals surface area contributed by atoms with Gasteiger partial charge in [-0.15, -0.1) is 10.2 Å². The van der Waals surface area contributed by atoms with E-state index >= 15 is 0 Å². The van der Waals surface area contributed by atoms with E-state index in [2.05, 4.69) is 25.5 Å².